The van der Waals surface area contributed by atoms with Crippen molar-refractivity contribution >= 4 is 15.9 Å². The molecule has 1 unspecified atom stereocenters. The third-order valence-electron chi connectivity index (χ3n) is 7.20. The van der Waals surface area contributed by atoms with Crippen molar-refractivity contribution in [3.63, 3.8) is 0 Å². The average Bonchev–Trinajstić information content (AvgIpc) is 2.68. The third kappa shape index (κ3) is 2.87. The van der Waals surface area contributed by atoms with E-state index in [1.165, 1.54) is 0 Å². The largest absolute Gasteiger partial charge is 0.338 e. The van der Waals surface area contributed by atoms with Crippen molar-refractivity contribution < 1.29 is 13.2 Å². The van der Waals surface area contributed by atoms with Gasteiger partial charge in [0, 0.05) is 25.0 Å². The van der Waals surface area contributed by atoms with E-state index in [1.54, 1.807) is 0 Å². The summed E-state index contributed by atoms with van der Waals surface area (Å²) in [5, 5.41) is 3.09. The van der Waals surface area contributed by atoms with E-state index in [9.17, 15) is 13.2 Å². The second-order valence-electron chi connectivity index (χ2n) is 9.05. The lowest BCUT2D eigenvalue weighted by Gasteiger charge is -2.39. The number of likely N-dealkylation sites (tertiary alicyclic amines) is 1. The summed E-state index contributed by atoms with van der Waals surface area (Å²) in [6.07, 6.45) is 2.55. The highest BCUT2D eigenvalue weighted by Crippen LogP contribution is 2.67. The van der Waals surface area contributed by atoms with Gasteiger partial charge in [-0.25, -0.2) is 13.2 Å². The summed E-state index contributed by atoms with van der Waals surface area (Å²) in [7, 11) is -2.91. The van der Waals surface area contributed by atoms with E-state index in [4.69, 9.17) is 0 Å². The van der Waals surface area contributed by atoms with Gasteiger partial charge in [0.1, 0.15) is 0 Å². The Morgan fingerprint density at radius 2 is 1.83 bits per heavy atom. The Kier molecular flexibility index (Phi) is 3.79. The van der Waals surface area contributed by atoms with Crippen molar-refractivity contribution in [3.05, 3.63) is 0 Å². The molecule has 0 aromatic heterocycles. The first-order valence-electron chi connectivity index (χ1n) is 8.72. The summed E-state index contributed by atoms with van der Waals surface area (Å²) in [6.45, 7) is 11.1. The van der Waals surface area contributed by atoms with Crippen molar-refractivity contribution in [2.75, 3.05) is 31.1 Å². The first kappa shape index (κ1) is 17.1. The predicted octanol–water partition coefficient (Wildman–Crippen LogP) is 2.28. The molecule has 2 saturated heterocycles. The van der Waals surface area contributed by atoms with Crippen molar-refractivity contribution in [1.29, 1.82) is 0 Å². The zero-order valence-electron chi connectivity index (χ0n) is 14.8. The van der Waals surface area contributed by atoms with Crippen molar-refractivity contribution in [1.82, 2.24) is 10.2 Å². The minimum atomic E-state index is -2.91. The lowest BCUT2D eigenvalue weighted by Crippen LogP contribution is -2.50. The molecule has 6 heteroatoms. The van der Waals surface area contributed by atoms with Crippen LogP contribution in [0.5, 0.6) is 0 Å². The van der Waals surface area contributed by atoms with Gasteiger partial charge in [-0.1, -0.05) is 27.7 Å². The Hall–Kier alpha value is -0.780. The molecule has 3 rings (SSSR count). The number of hydrogen-bond acceptors (Lipinski definition) is 3. The Morgan fingerprint density at radius 1 is 1.17 bits per heavy atom. The fourth-order valence-electron chi connectivity index (χ4n) is 4.83. The number of amides is 2. The highest BCUT2D eigenvalue weighted by molar-refractivity contribution is 7.91. The van der Waals surface area contributed by atoms with Crippen LogP contribution in [0.3, 0.4) is 0 Å². The number of piperidine rings is 1. The second kappa shape index (κ2) is 5.11. The minimum absolute atomic E-state index is 0.0214. The highest BCUT2D eigenvalue weighted by Gasteiger charge is 2.64. The molecule has 1 saturated carbocycles. The van der Waals surface area contributed by atoms with Crippen LogP contribution in [0.2, 0.25) is 0 Å². The van der Waals surface area contributed by atoms with Crippen molar-refractivity contribution in [2.45, 2.75) is 47.0 Å². The summed E-state index contributed by atoms with van der Waals surface area (Å²) in [5.74, 6) is 1.05. The van der Waals surface area contributed by atoms with Gasteiger partial charge in [-0.3, -0.25) is 0 Å². The second-order valence-corrected chi connectivity index (χ2v) is 11.2. The van der Waals surface area contributed by atoms with Crippen LogP contribution < -0.4 is 5.32 Å². The molecule has 5 nitrogen and oxygen atoms in total. The van der Waals surface area contributed by atoms with Crippen LogP contribution in [-0.4, -0.2) is 50.5 Å². The van der Waals surface area contributed by atoms with E-state index in [0.717, 1.165) is 19.4 Å². The van der Waals surface area contributed by atoms with Gasteiger partial charge in [0.05, 0.1) is 11.5 Å². The first-order chi connectivity index (χ1) is 10.5. The molecule has 0 bridgehead atoms. The molecule has 3 aliphatic rings. The minimum Gasteiger partial charge on any atom is -0.338 e. The zero-order valence-corrected chi connectivity index (χ0v) is 15.6. The maximum absolute atomic E-state index is 12.5. The molecule has 0 aromatic carbocycles. The maximum Gasteiger partial charge on any atom is 0.317 e. The normalized spacial score (nSPS) is 34.5. The Labute approximate surface area is 140 Å². The summed E-state index contributed by atoms with van der Waals surface area (Å²) < 4.78 is 23.7. The molecule has 0 aromatic rings. The Bertz CT molecular complexity index is 597. The van der Waals surface area contributed by atoms with E-state index < -0.39 is 9.84 Å². The molecule has 1 spiro atoms. The van der Waals surface area contributed by atoms with Crippen LogP contribution >= 0.6 is 0 Å². The monoisotopic (exact) mass is 342 g/mol. The lowest BCUT2D eigenvalue weighted by molar-refractivity contribution is 0.121. The van der Waals surface area contributed by atoms with Gasteiger partial charge in [-0.2, -0.15) is 0 Å². The molecule has 2 amide bonds. The molecule has 2 aliphatic heterocycles. The first-order valence-corrected chi connectivity index (χ1v) is 10.5. The van der Waals surface area contributed by atoms with E-state index in [-0.39, 0.29) is 33.8 Å². The van der Waals surface area contributed by atoms with E-state index >= 15 is 0 Å². The van der Waals surface area contributed by atoms with Crippen molar-refractivity contribution in [3.8, 4) is 0 Å². The number of sulfone groups is 1. The Morgan fingerprint density at radius 3 is 2.35 bits per heavy atom. The molecule has 1 aliphatic carbocycles. The maximum atomic E-state index is 12.5. The summed E-state index contributed by atoms with van der Waals surface area (Å²) in [6, 6.07) is -0.0214. The molecular formula is C17H30N2O3S. The molecule has 1 N–H and O–H groups in total. The zero-order chi connectivity index (χ0) is 17.1. The summed E-state index contributed by atoms with van der Waals surface area (Å²) >= 11 is 0. The van der Waals surface area contributed by atoms with Crippen LogP contribution in [0.1, 0.15) is 47.0 Å². The van der Waals surface area contributed by atoms with Gasteiger partial charge in [0.15, 0.2) is 9.84 Å². The van der Waals surface area contributed by atoms with Crippen LogP contribution in [0.25, 0.3) is 0 Å². The Balaban J connectivity index is 1.56. The van der Waals surface area contributed by atoms with Gasteiger partial charge in [-0.15, -0.1) is 0 Å². The lowest BCUT2D eigenvalue weighted by atomic mass is 9.80. The standard InChI is InChI=1S/C17H30N2O3S/c1-15(2)13(16(15,3)4)10-18-14(20)19-8-5-6-17(11-19)7-9-23(21,22)12-17/h13H,5-12H2,1-4H3,(H,18,20). The van der Waals surface area contributed by atoms with Gasteiger partial charge >= 0.3 is 6.03 Å². The summed E-state index contributed by atoms with van der Waals surface area (Å²) in [4.78, 5) is 14.4. The van der Waals surface area contributed by atoms with Gasteiger partial charge in [0.2, 0.25) is 0 Å². The van der Waals surface area contributed by atoms with E-state index in [0.29, 0.717) is 25.4 Å². The fourth-order valence-corrected chi connectivity index (χ4v) is 7.03. The van der Waals surface area contributed by atoms with E-state index in [2.05, 4.69) is 33.0 Å². The smallest absolute Gasteiger partial charge is 0.317 e. The average molecular weight is 343 g/mol. The number of nitrogens with one attached hydrogen (secondary N) is 1. The molecule has 1 atom stereocenters. The summed E-state index contributed by atoms with van der Waals surface area (Å²) in [5.41, 5.74) is 0.346. The molecular weight excluding hydrogens is 312 g/mol. The van der Waals surface area contributed by atoms with Gasteiger partial charge in [-0.05, 0) is 36.0 Å². The van der Waals surface area contributed by atoms with Crippen LogP contribution in [-0.2, 0) is 9.84 Å². The van der Waals surface area contributed by atoms with Crippen molar-refractivity contribution in [2.24, 2.45) is 22.2 Å². The van der Waals surface area contributed by atoms with E-state index in [1.807, 2.05) is 4.90 Å². The number of carbonyl (C=O) groups is 1. The predicted molar refractivity (Wildman–Crippen MR) is 91.0 cm³/mol. The number of carbonyl (C=O) groups excluding carboxylic acids is 1. The fraction of sp³-hybridized carbons (Fsp3) is 0.941. The topological polar surface area (TPSA) is 66.5 Å². The molecule has 0 radical (unpaired) electrons. The molecule has 23 heavy (non-hydrogen) atoms. The number of rotatable bonds is 2. The highest BCUT2D eigenvalue weighted by atomic mass is 32.2. The third-order valence-corrected chi connectivity index (χ3v) is 9.07. The quantitative estimate of drug-likeness (QED) is 0.837. The van der Waals surface area contributed by atoms with Crippen LogP contribution in [0, 0.1) is 22.2 Å². The number of nitrogens with zero attached hydrogens (tertiary/aromatic N) is 1. The molecule has 3 fully saturated rings. The molecule has 132 valence electrons. The van der Waals surface area contributed by atoms with Gasteiger partial charge in [0.25, 0.3) is 0 Å². The SMILES string of the molecule is CC1(C)C(CNC(=O)N2CCCC3(CCS(=O)(=O)C3)C2)C1(C)C. The molecule has 2 heterocycles. The van der Waals surface area contributed by atoms with Crippen LogP contribution in [0.4, 0.5) is 4.79 Å². The van der Waals surface area contributed by atoms with Gasteiger partial charge < -0.3 is 10.2 Å². The number of hydrogen-bond donors (Lipinski definition) is 1. The number of urea groups is 1. The van der Waals surface area contributed by atoms with Crippen LogP contribution in [0.15, 0.2) is 0 Å².